The van der Waals surface area contributed by atoms with E-state index < -0.39 is 42.5 Å². The molecule has 5 atom stereocenters. The van der Waals surface area contributed by atoms with Crippen LogP contribution in [0.2, 0.25) is 0 Å². The van der Waals surface area contributed by atoms with E-state index in [1.54, 1.807) is 30.3 Å². The number of hydrogen-bond donors (Lipinski definition) is 6. The van der Waals surface area contributed by atoms with Crippen LogP contribution in [-0.2, 0) is 9.53 Å². The number of aliphatic carboxylic acids is 1. The van der Waals surface area contributed by atoms with Crippen LogP contribution in [0.5, 0.6) is 0 Å². The van der Waals surface area contributed by atoms with E-state index >= 15 is 0 Å². The third-order valence-corrected chi connectivity index (χ3v) is 3.90. The van der Waals surface area contributed by atoms with Gasteiger partial charge in [-0.05, 0) is 12.1 Å². The minimum atomic E-state index is -1.81. The van der Waals surface area contributed by atoms with Crippen molar-refractivity contribution in [1.82, 2.24) is 10.3 Å². The van der Waals surface area contributed by atoms with Crippen molar-refractivity contribution in [3.8, 4) is 0 Å². The van der Waals surface area contributed by atoms with Gasteiger partial charge in [-0.2, -0.15) is 0 Å². The lowest BCUT2D eigenvalue weighted by Gasteiger charge is -2.38. The Hall–Kier alpha value is -2.46. The van der Waals surface area contributed by atoms with Crippen LogP contribution < -0.4 is 5.32 Å². The SMILES string of the molecule is O=C(N[C@@H]1O[C@H](C(=O)O)[C@@H](O)[C@H](O)[C@H]1O)c1cc2ccccc2[nH]1. The highest BCUT2D eigenvalue weighted by atomic mass is 16.6. The molecule has 1 fully saturated rings. The minimum absolute atomic E-state index is 0.180. The number of carboxylic acid groups (broad SMARTS) is 1. The molecule has 2 heterocycles. The first-order valence-corrected chi connectivity index (χ1v) is 7.19. The third-order valence-electron chi connectivity index (χ3n) is 3.90. The number of fused-ring (bicyclic) bond motifs is 1. The fraction of sp³-hybridized carbons (Fsp3) is 0.333. The standard InChI is InChI=1S/C15H16N2O7/c18-9-10(19)12(15(22)23)24-14(11(9)20)17-13(21)8-5-6-3-1-2-4-7(6)16-8/h1-5,9-12,14,16,18-20H,(H,17,21)(H,22,23)/t9-,10-,11+,12-,14+/m0/s1. The number of nitrogens with one attached hydrogen (secondary N) is 2. The lowest BCUT2D eigenvalue weighted by molar-refractivity contribution is -0.231. The van der Waals surface area contributed by atoms with Gasteiger partial charge in [0.15, 0.2) is 12.3 Å². The molecule has 0 spiro atoms. The Balaban J connectivity index is 1.78. The number of hydrogen-bond acceptors (Lipinski definition) is 6. The highest BCUT2D eigenvalue weighted by molar-refractivity contribution is 5.98. The zero-order chi connectivity index (χ0) is 17.4. The third kappa shape index (κ3) is 2.85. The van der Waals surface area contributed by atoms with Crippen LogP contribution in [0.25, 0.3) is 10.9 Å². The second-order valence-corrected chi connectivity index (χ2v) is 5.53. The molecule has 1 saturated heterocycles. The van der Waals surface area contributed by atoms with Crippen LogP contribution in [0.3, 0.4) is 0 Å². The fourth-order valence-corrected chi connectivity index (χ4v) is 2.61. The summed E-state index contributed by atoms with van der Waals surface area (Å²) in [5, 5.41) is 41.3. The smallest absolute Gasteiger partial charge is 0.335 e. The van der Waals surface area contributed by atoms with Crippen molar-refractivity contribution in [2.24, 2.45) is 0 Å². The molecule has 6 N–H and O–H groups in total. The predicted octanol–water partition coefficient (Wildman–Crippen LogP) is -1.21. The number of aromatic nitrogens is 1. The molecule has 1 amide bonds. The maximum absolute atomic E-state index is 12.3. The molecule has 1 aliphatic rings. The van der Waals surface area contributed by atoms with Gasteiger partial charge in [-0.15, -0.1) is 0 Å². The quantitative estimate of drug-likeness (QED) is 0.411. The number of carboxylic acids is 1. The first kappa shape index (κ1) is 16.4. The molecule has 1 aromatic heterocycles. The summed E-state index contributed by atoms with van der Waals surface area (Å²) in [5.41, 5.74) is 0.908. The molecule has 1 aromatic carbocycles. The van der Waals surface area contributed by atoms with Crippen molar-refractivity contribution >= 4 is 22.8 Å². The molecule has 24 heavy (non-hydrogen) atoms. The summed E-state index contributed by atoms with van der Waals surface area (Å²) >= 11 is 0. The van der Waals surface area contributed by atoms with Crippen LogP contribution in [-0.4, -0.2) is 67.9 Å². The molecular formula is C15H16N2O7. The van der Waals surface area contributed by atoms with Crippen molar-refractivity contribution in [2.75, 3.05) is 0 Å². The number of H-pyrrole nitrogens is 1. The van der Waals surface area contributed by atoms with Gasteiger partial charge in [-0.3, -0.25) is 4.79 Å². The van der Waals surface area contributed by atoms with Gasteiger partial charge in [-0.25, -0.2) is 4.79 Å². The Morgan fingerprint density at radius 3 is 2.46 bits per heavy atom. The van der Waals surface area contributed by atoms with E-state index in [1.807, 2.05) is 0 Å². The van der Waals surface area contributed by atoms with Crippen LogP contribution in [0.4, 0.5) is 0 Å². The number of ether oxygens (including phenoxy) is 1. The van der Waals surface area contributed by atoms with Crippen molar-refractivity contribution in [3.63, 3.8) is 0 Å². The molecule has 9 heteroatoms. The summed E-state index contributed by atoms with van der Waals surface area (Å²) in [6.07, 6.45) is -8.50. The highest BCUT2D eigenvalue weighted by Crippen LogP contribution is 2.21. The molecule has 0 radical (unpaired) electrons. The van der Waals surface area contributed by atoms with Crippen LogP contribution in [0.1, 0.15) is 10.5 Å². The van der Waals surface area contributed by atoms with Crippen molar-refractivity contribution < 1.29 is 34.8 Å². The first-order valence-electron chi connectivity index (χ1n) is 7.19. The second-order valence-electron chi connectivity index (χ2n) is 5.53. The summed E-state index contributed by atoms with van der Waals surface area (Å²) in [7, 11) is 0. The number of amides is 1. The van der Waals surface area contributed by atoms with Crippen molar-refractivity contribution in [1.29, 1.82) is 0 Å². The number of benzene rings is 1. The lowest BCUT2D eigenvalue weighted by atomic mass is 9.98. The van der Waals surface area contributed by atoms with E-state index in [0.717, 1.165) is 10.9 Å². The average Bonchev–Trinajstić information content (AvgIpc) is 2.99. The van der Waals surface area contributed by atoms with Gasteiger partial charge >= 0.3 is 5.97 Å². The summed E-state index contributed by atoms with van der Waals surface area (Å²) < 4.78 is 5.00. The lowest BCUT2D eigenvalue weighted by Crippen LogP contribution is -2.64. The predicted molar refractivity (Wildman–Crippen MR) is 80.1 cm³/mol. The van der Waals surface area contributed by atoms with E-state index in [9.17, 15) is 24.9 Å². The van der Waals surface area contributed by atoms with Crippen molar-refractivity contribution in [3.05, 3.63) is 36.0 Å². The van der Waals surface area contributed by atoms with E-state index in [4.69, 9.17) is 9.84 Å². The Labute approximate surface area is 135 Å². The maximum Gasteiger partial charge on any atom is 0.335 e. The van der Waals surface area contributed by atoms with Gasteiger partial charge in [-0.1, -0.05) is 18.2 Å². The van der Waals surface area contributed by atoms with Crippen LogP contribution in [0, 0.1) is 0 Å². The number of aliphatic hydroxyl groups excluding tert-OH is 3. The highest BCUT2D eigenvalue weighted by Gasteiger charge is 2.47. The number of rotatable bonds is 3. The van der Waals surface area contributed by atoms with Gasteiger partial charge in [0.2, 0.25) is 0 Å². The molecule has 0 bridgehead atoms. The van der Waals surface area contributed by atoms with Gasteiger partial charge in [0.1, 0.15) is 24.0 Å². The number of aliphatic hydroxyl groups is 3. The Kier molecular flexibility index (Phi) is 4.24. The largest absolute Gasteiger partial charge is 0.479 e. The van der Waals surface area contributed by atoms with E-state index in [-0.39, 0.29) is 5.69 Å². The van der Waals surface area contributed by atoms with E-state index in [1.165, 1.54) is 0 Å². The molecule has 9 nitrogen and oxygen atoms in total. The maximum atomic E-state index is 12.3. The van der Waals surface area contributed by atoms with Gasteiger partial charge in [0.25, 0.3) is 5.91 Å². The second kappa shape index (κ2) is 6.21. The van der Waals surface area contributed by atoms with Crippen LogP contribution >= 0.6 is 0 Å². The molecular weight excluding hydrogens is 320 g/mol. The molecule has 128 valence electrons. The summed E-state index contributed by atoms with van der Waals surface area (Å²) in [5.74, 6) is -2.17. The molecule has 2 aromatic rings. The van der Waals surface area contributed by atoms with E-state index in [2.05, 4.69) is 10.3 Å². The van der Waals surface area contributed by atoms with Crippen molar-refractivity contribution in [2.45, 2.75) is 30.6 Å². The molecule has 3 rings (SSSR count). The van der Waals surface area contributed by atoms with Crippen LogP contribution in [0.15, 0.2) is 30.3 Å². The topological polar surface area (TPSA) is 152 Å². The molecule has 1 aliphatic heterocycles. The zero-order valence-corrected chi connectivity index (χ0v) is 12.3. The molecule has 0 aliphatic carbocycles. The Bertz CT molecular complexity index is 741. The number of para-hydroxylation sites is 1. The first-order chi connectivity index (χ1) is 11.4. The summed E-state index contributed by atoms with van der Waals surface area (Å²) in [6, 6.07) is 8.76. The number of aromatic amines is 1. The minimum Gasteiger partial charge on any atom is -0.479 e. The fourth-order valence-electron chi connectivity index (χ4n) is 2.61. The Morgan fingerprint density at radius 1 is 1.08 bits per heavy atom. The average molecular weight is 336 g/mol. The zero-order valence-electron chi connectivity index (χ0n) is 12.3. The summed E-state index contributed by atoms with van der Waals surface area (Å²) in [6.45, 7) is 0. The van der Waals surface area contributed by atoms with Gasteiger partial charge in [0.05, 0.1) is 0 Å². The van der Waals surface area contributed by atoms with Gasteiger partial charge < -0.3 is 35.5 Å². The normalized spacial score (nSPS) is 30.2. The summed E-state index contributed by atoms with van der Waals surface area (Å²) in [4.78, 5) is 26.2. The van der Waals surface area contributed by atoms with E-state index in [0.29, 0.717) is 0 Å². The monoisotopic (exact) mass is 336 g/mol. The number of carbonyl (C=O) groups excluding carboxylic acids is 1. The Morgan fingerprint density at radius 2 is 1.79 bits per heavy atom. The molecule has 0 saturated carbocycles. The van der Waals surface area contributed by atoms with Gasteiger partial charge in [0, 0.05) is 10.9 Å². The number of carbonyl (C=O) groups is 2. The molecule has 0 unspecified atom stereocenters.